The molecule has 0 saturated heterocycles. The summed E-state index contributed by atoms with van der Waals surface area (Å²) in [6.45, 7) is 10.3. The van der Waals surface area contributed by atoms with Gasteiger partial charge in [-0.25, -0.2) is 0 Å². The molecule has 0 radical (unpaired) electrons. The third-order valence-electron chi connectivity index (χ3n) is 5.42. The molecule has 31 heavy (non-hydrogen) atoms. The second-order valence-corrected chi connectivity index (χ2v) is 8.22. The van der Waals surface area contributed by atoms with Crippen molar-refractivity contribution in [3.63, 3.8) is 0 Å². The largest absolute Gasteiger partial charge is 0.495 e. The molecular weight excluding hydrogens is 390 g/mol. The Kier molecular flexibility index (Phi) is 9.06. The standard InChI is InChI=1S/C25H35N3O3/c1-7-17(4)19-8-10-20(11-9-19)25(16(2)3)26-15-24(30)28-22-14-21(27-18(5)29)12-13-23(22)31-6/h8-14,16-17,25-26H,7,15H2,1-6H3,(H,27,29)(H,28,30). The molecule has 0 bridgehead atoms. The van der Waals surface area contributed by atoms with Crippen molar-refractivity contribution in [1.82, 2.24) is 5.32 Å². The van der Waals surface area contributed by atoms with Crippen LogP contribution in [0.15, 0.2) is 42.5 Å². The molecule has 6 nitrogen and oxygen atoms in total. The van der Waals surface area contributed by atoms with Crippen molar-refractivity contribution in [3.8, 4) is 5.75 Å². The third kappa shape index (κ3) is 7.10. The summed E-state index contributed by atoms with van der Waals surface area (Å²) in [7, 11) is 1.54. The van der Waals surface area contributed by atoms with Crippen molar-refractivity contribution < 1.29 is 14.3 Å². The minimum atomic E-state index is -0.180. The second-order valence-electron chi connectivity index (χ2n) is 8.22. The van der Waals surface area contributed by atoms with Crippen LogP contribution in [0, 0.1) is 5.92 Å². The Morgan fingerprint density at radius 3 is 2.16 bits per heavy atom. The molecule has 3 N–H and O–H groups in total. The Labute approximate surface area is 185 Å². The molecule has 2 rings (SSSR count). The van der Waals surface area contributed by atoms with Crippen LogP contribution >= 0.6 is 0 Å². The van der Waals surface area contributed by atoms with Gasteiger partial charge < -0.3 is 20.7 Å². The van der Waals surface area contributed by atoms with Crippen LogP contribution in [0.5, 0.6) is 5.75 Å². The monoisotopic (exact) mass is 425 g/mol. The van der Waals surface area contributed by atoms with Gasteiger partial charge >= 0.3 is 0 Å². The number of methoxy groups -OCH3 is 1. The summed E-state index contributed by atoms with van der Waals surface area (Å²) in [5.74, 6) is 1.03. The predicted octanol–water partition coefficient (Wildman–Crippen LogP) is 5.09. The van der Waals surface area contributed by atoms with E-state index in [1.807, 2.05) is 0 Å². The van der Waals surface area contributed by atoms with Gasteiger partial charge in [-0.15, -0.1) is 0 Å². The van der Waals surface area contributed by atoms with Crippen LogP contribution < -0.4 is 20.7 Å². The highest BCUT2D eigenvalue weighted by atomic mass is 16.5. The Morgan fingerprint density at radius 2 is 1.61 bits per heavy atom. The van der Waals surface area contributed by atoms with E-state index in [0.29, 0.717) is 29.0 Å². The summed E-state index contributed by atoms with van der Waals surface area (Å²) in [4.78, 5) is 24.0. The van der Waals surface area contributed by atoms with Crippen molar-refractivity contribution in [1.29, 1.82) is 0 Å². The van der Waals surface area contributed by atoms with Gasteiger partial charge in [0.05, 0.1) is 19.3 Å². The zero-order chi connectivity index (χ0) is 23.0. The number of nitrogens with one attached hydrogen (secondary N) is 3. The first-order chi connectivity index (χ1) is 14.7. The Balaban J connectivity index is 2.06. The number of amides is 2. The number of ether oxygens (including phenoxy) is 1. The van der Waals surface area contributed by atoms with Crippen molar-refractivity contribution >= 4 is 23.2 Å². The van der Waals surface area contributed by atoms with E-state index in [9.17, 15) is 9.59 Å². The second kappa shape index (κ2) is 11.5. The SMILES string of the molecule is CCC(C)c1ccc(C(NCC(=O)Nc2cc(NC(C)=O)ccc2OC)C(C)C)cc1. The van der Waals surface area contributed by atoms with Crippen LogP contribution in [0.4, 0.5) is 11.4 Å². The van der Waals surface area contributed by atoms with E-state index in [0.717, 1.165) is 6.42 Å². The molecular formula is C25H35N3O3. The van der Waals surface area contributed by atoms with Gasteiger partial charge in [0.15, 0.2) is 0 Å². The van der Waals surface area contributed by atoms with E-state index >= 15 is 0 Å². The van der Waals surface area contributed by atoms with Crippen LogP contribution in [0.25, 0.3) is 0 Å². The summed E-state index contributed by atoms with van der Waals surface area (Å²) in [5.41, 5.74) is 3.61. The molecule has 168 valence electrons. The highest BCUT2D eigenvalue weighted by Crippen LogP contribution is 2.28. The summed E-state index contributed by atoms with van der Waals surface area (Å²) < 4.78 is 5.33. The molecule has 6 heteroatoms. The molecule has 0 heterocycles. The maximum atomic E-state index is 12.6. The number of carbonyl (C=O) groups excluding carboxylic acids is 2. The van der Waals surface area contributed by atoms with Crippen LogP contribution in [0.2, 0.25) is 0 Å². The Morgan fingerprint density at radius 1 is 0.968 bits per heavy atom. The fourth-order valence-electron chi connectivity index (χ4n) is 3.49. The lowest BCUT2D eigenvalue weighted by Crippen LogP contribution is -2.33. The van der Waals surface area contributed by atoms with Gasteiger partial charge in [0.1, 0.15) is 5.75 Å². The van der Waals surface area contributed by atoms with Crippen molar-refractivity contribution in [3.05, 3.63) is 53.6 Å². The highest BCUT2D eigenvalue weighted by molar-refractivity contribution is 5.95. The smallest absolute Gasteiger partial charge is 0.238 e. The third-order valence-corrected chi connectivity index (χ3v) is 5.42. The maximum Gasteiger partial charge on any atom is 0.238 e. The van der Waals surface area contributed by atoms with E-state index < -0.39 is 0 Å². The zero-order valence-corrected chi connectivity index (χ0v) is 19.4. The first kappa shape index (κ1) is 24.4. The molecule has 0 spiro atoms. The molecule has 2 amide bonds. The lowest BCUT2D eigenvalue weighted by Gasteiger charge is -2.23. The van der Waals surface area contributed by atoms with Crippen molar-refractivity contribution in [2.45, 2.75) is 53.0 Å². The molecule has 2 atom stereocenters. The molecule has 0 aliphatic rings. The Hall–Kier alpha value is -2.86. The topological polar surface area (TPSA) is 79.5 Å². The average Bonchev–Trinajstić information content (AvgIpc) is 2.73. The van der Waals surface area contributed by atoms with E-state index in [1.54, 1.807) is 25.3 Å². The van der Waals surface area contributed by atoms with Crippen LogP contribution in [-0.4, -0.2) is 25.5 Å². The quantitative estimate of drug-likeness (QED) is 0.495. The molecule has 2 unspecified atom stereocenters. The van der Waals surface area contributed by atoms with Crippen molar-refractivity contribution in [2.24, 2.45) is 5.92 Å². The number of rotatable bonds is 10. The number of carbonyl (C=O) groups is 2. The van der Waals surface area contributed by atoms with Crippen molar-refractivity contribution in [2.75, 3.05) is 24.3 Å². The van der Waals surface area contributed by atoms with Gasteiger partial charge in [0, 0.05) is 18.7 Å². The average molecular weight is 426 g/mol. The van der Waals surface area contributed by atoms with Gasteiger partial charge in [-0.05, 0) is 47.6 Å². The molecule has 0 aromatic heterocycles. The molecule has 2 aromatic carbocycles. The minimum absolute atomic E-state index is 0.0596. The zero-order valence-electron chi connectivity index (χ0n) is 19.4. The first-order valence-corrected chi connectivity index (χ1v) is 10.8. The normalized spacial score (nSPS) is 12.9. The molecule has 0 aliphatic heterocycles. The van der Waals surface area contributed by atoms with Gasteiger partial charge in [-0.3, -0.25) is 9.59 Å². The fourth-order valence-corrected chi connectivity index (χ4v) is 3.49. The summed E-state index contributed by atoms with van der Waals surface area (Å²) in [6, 6.07) is 13.8. The summed E-state index contributed by atoms with van der Waals surface area (Å²) in [6.07, 6.45) is 1.11. The lowest BCUT2D eigenvalue weighted by molar-refractivity contribution is -0.116. The number of benzene rings is 2. The molecule has 0 fully saturated rings. The molecule has 2 aromatic rings. The number of hydrogen-bond donors (Lipinski definition) is 3. The molecule has 0 saturated carbocycles. The van der Waals surface area contributed by atoms with E-state index in [2.05, 4.69) is 67.9 Å². The minimum Gasteiger partial charge on any atom is -0.495 e. The predicted molar refractivity (Wildman–Crippen MR) is 127 cm³/mol. The molecule has 0 aliphatic carbocycles. The Bertz CT molecular complexity index is 878. The first-order valence-electron chi connectivity index (χ1n) is 10.8. The van der Waals surface area contributed by atoms with E-state index in [1.165, 1.54) is 18.1 Å². The summed E-state index contributed by atoms with van der Waals surface area (Å²) >= 11 is 0. The maximum absolute atomic E-state index is 12.6. The van der Waals surface area contributed by atoms with Crippen LogP contribution in [-0.2, 0) is 9.59 Å². The van der Waals surface area contributed by atoms with E-state index in [-0.39, 0.29) is 24.4 Å². The van der Waals surface area contributed by atoms with E-state index in [4.69, 9.17) is 4.74 Å². The summed E-state index contributed by atoms with van der Waals surface area (Å²) in [5, 5.41) is 8.97. The lowest BCUT2D eigenvalue weighted by atomic mass is 9.92. The van der Waals surface area contributed by atoms with Gasteiger partial charge in [0.2, 0.25) is 11.8 Å². The van der Waals surface area contributed by atoms with Crippen LogP contribution in [0.3, 0.4) is 0 Å². The number of hydrogen-bond acceptors (Lipinski definition) is 4. The van der Waals surface area contributed by atoms with Gasteiger partial charge in [0.25, 0.3) is 0 Å². The van der Waals surface area contributed by atoms with Gasteiger partial charge in [-0.1, -0.05) is 52.0 Å². The number of anilines is 2. The fraction of sp³-hybridized carbons (Fsp3) is 0.440. The van der Waals surface area contributed by atoms with Crippen LogP contribution in [0.1, 0.15) is 64.1 Å². The highest BCUT2D eigenvalue weighted by Gasteiger charge is 2.18. The van der Waals surface area contributed by atoms with Gasteiger partial charge in [-0.2, -0.15) is 0 Å².